The highest BCUT2D eigenvalue weighted by atomic mass is 16.4. The van der Waals surface area contributed by atoms with Gasteiger partial charge in [-0.25, -0.2) is 4.79 Å². The number of carbonyl (C=O) groups excluding carboxylic acids is 1. The predicted molar refractivity (Wildman–Crippen MR) is 164 cm³/mol. The number of hydrogen-bond acceptors (Lipinski definition) is 3. The van der Waals surface area contributed by atoms with Crippen LogP contribution in [0.3, 0.4) is 0 Å². The van der Waals surface area contributed by atoms with Crippen LogP contribution >= 0.6 is 0 Å². The molecule has 0 heterocycles. The Labute approximate surface area is 234 Å². The molecule has 0 fully saturated rings. The van der Waals surface area contributed by atoms with Gasteiger partial charge in [-0.2, -0.15) is 0 Å². The molecule has 1 N–H and O–H groups in total. The maximum absolute atomic E-state index is 13.5. The summed E-state index contributed by atoms with van der Waals surface area (Å²) in [6.07, 6.45) is 3.31. The number of hydrogen-bond donors (Lipinski definition) is 1. The van der Waals surface area contributed by atoms with Crippen LogP contribution in [0.25, 0.3) is 17.2 Å². The summed E-state index contributed by atoms with van der Waals surface area (Å²) < 4.78 is 0. The molecular weight excluding hydrogens is 482 g/mol. The summed E-state index contributed by atoms with van der Waals surface area (Å²) in [6, 6.07) is 19.3. The lowest BCUT2D eigenvalue weighted by molar-refractivity contribution is 0.0696. The zero-order valence-electron chi connectivity index (χ0n) is 24.9. The molecule has 0 aliphatic heterocycles. The number of aromatic carboxylic acids is 1. The van der Waals surface area contributed by atoms with E-state index in [9.17, 15) is 9.59 Å². The number of benzene rings is 3. The first-order valence-corrected chi connectivity index (χ1v) is 13.6. The Kier molecular flexibility index (Phi) is 8.90. The van der Waals surface area contributed by atoms with Crippen LogP contribution in [-0.4, -0.2) is 30.5 Å². The fourth-order valence-electron chi connectivity index (χ4n) is 4.77. The first-order chi connectivity index (χ1) is 18.1. The van der Waals surface area contributed by atoms with Gasteiger partial charge in [0.15, 0.2) is 5.78 Å². The monoisotopic (exact) mass is 525 g/mol. The molecule has 0 radical (unpaired) electrons. The van der Waals surface area contributed by atoms with Crippen LogP contribution in [0.2, 0.25) is 0 Å². The Morgan fingerprint density at radius 1 is 0.846 bits per heavy atom. The van der Waals surface area contributed by atoms with Crippen molar-refractivity contribution in [2.75, 3.05) is 18.5 Å². The van der Waals surface area contributed by atoms with Gasteiger partial charge in [-0.15, -0.1) is 0 Å². The average Bonchev–Trinajstić information content (AvgIpc) is 2.85. The lowest BCUT2D eigenvalue weighted by Gasteiger charge is -2.33. The van der Waals surface area contributed by atoms with E-state index >= 15 is 0 Å². The highest BCUT2D eigenvalue weighted by Crippen LogP contribution is 2.41. The van der Waals surface area contributed by atoms with Crippen LogP contribution in [0, 0.1) is 5.92 Å². The van der Waals surface area contributed by atoms with Gasteiger partial charge in [0.1, 0.15) is 0 Å². The number of carboxylic acids is 1. The third-order valence-corrected chi connectivity index (χ3v) is 6.87. The van der Waals surface area contributed by atoms with Gasteiger partial charge in [0.25, 0.3) is 0 Å². The maximum Gasteiger partial charge on any atom is 0.335 e. The van der Waals surface area contributed by atoms with Gasteiger partial charge in [0.2, 0.25) is 0 Å². The molecule has 206 valence electrons. The van der Waals surface area contributed by atoms with Crippen LogP contribution in [0.1, 0.15) is 92.8 Å². The zero-order valence-corrected chi connectivity index (χ0v) is 24.9. The van der Waals surface area contributed by atoms with Crippen LogP contribution in [0.5, 0.6) is 0 Å². The molecule has 0 saturated carbocycles. The SMILES string of the molecule is CC(C)CN(C)c1c(-c2ccc(C(C)(C)C)cc2)cc(C(=O)/C=C/c2ccc(C(=O)O)cc2)cc1C(C)(C)C. The van der Waals surface area contributed by atoms with E-state index in [4.69, 9.17) is 5.11 Å². The zero-order chi connectivity index (χ0) is 29.1. The van der Waals surface area contributed by atoms with E-state index in [1.165, 1.54) is 5.56 Å². The van der Waals surface area contributed by atoms with Gasteiger partial charge < -0.3 is 10.0 Å². The molecular formula is C35H43NO3. The molecule has 4 heteroatoms. The van der Waals surface area contributed by atoms with Crippen molar-refractivity contribution < 1.29 is 14.7 Å². The number of anilines is 1. The van der Waals surface area contributed by atoms with E-state index in [2.05, 4.69) is 91.6 Å². The van der Waals surface area contributed by atoms with Crippen molar-refractivity contribution in [1.82, 2.24) is 0 Å². The molecule has 0 aliphatic carbocycles. The van der Waals surface area contributed by atoms with E-state index in [0.29, 0.717) is 11.5 Å². The second kappa shape index (κ2) is 11.6. The minimum absolute atomic E-state index is 0.0532. The molecule has 4 nitrogen and oxygen atoms in total. The highest BCUT2D eigenvalue weighted by Gasteiger charge is 2.26. The van der Waals surface area contributed by atoms with Crippen molar-refractivity contribution in [2.24, 2.45) is 5.92 Å². The van der Waals surface area contributed by atoms with Crippen molar-refractivity contribution >= 4 is 23.5 Å². The Morgan fingerprint density at radius 3 is 1.92 bits per heavy atom. The molecule has 0 unspecified atom stereocenters. The van der Waals surface area contributed by atoms with Gasteiger partial charge >= 0.3 is 5.97 Å². The van der Waals surface area contributed by atoms with Gasteiger partial charge in [0, 0.05) is 30.4 Å². The van der Waals surface area contributed by atoms with Crippen LogP contribution in [-0.2, 0) is 10.8 Å². The maximum atomic E-state index is 13.5. The Balaban J connectivity index is 2.16. The van der Waals surface area contributed by atoms with E-state index < -0.39 is 5.97 Å². The molecule has 0 aromatic heterocycles. The van der Waals surface area contributed by atoms with Gasteiger partial charge in [-0.1, -0.05) is 97.9 Å². The number of allylic oxidation sites excluding steroid dienone is 1. The topological polar surface area (TPSA) is 57.6 Å². The second-order valence-corrected chi connectivity index (χ2v) is 12.9. The number of ketones is 1. The van der Waals surface area contributed by atoms with E-state index in [0.717, 1.165) is 34.5 Å². The van der Waals surface area contributed by atoms with E-state index in [1.54, 1.807) is 36.4 Å². The minimum atomic E-state index is -0.970. The summed E-state index contributed by atoms with van der Waals surface area (Å²) in [5.41, 5.74) is 7.18. The molecule has 0 spiro atoms. The molecule has 0 amide bonds. The molecule has 0 atom stereocenters. The third kappa shape index (κ3) is 7.47. The minimum Gasteiger partial charge on any atom is -0.478 e. The van der Waals surface area contributed by atoms with Crippen molar-refractivity contribution in [3.8, 4) is 11.1 Å². The summed E-state index contributed by atoms with van der Waals surface area (Å²) in [4.78, 5) is 27.0. The molecule has 0 aliphatic rings. The van der Waals surface area contributed by atoms with Crippen molar-refractivity contribution in [3.63, 3.8) is 0 Å². The number of carboxylic acid groups (broad SMARTS) is 1. The van der Waals surface area contributed by atoms with Crippen LogP contribution < -0.4 is 4.90 Å². The van der Waals surface area contributed by atoms with Gasteiger partial charge in [-0.3, -0.25) is 4.79 Å². The predicted octanol–water partition coefficient (Wildman–Crippen LogP) is 8.64. The number of carbonyl (C=O) groups is 2. The quantitative estimate of drug-likeness (QED) is 0.236. The Morgan fingerprint density at radius 2 is 1.44 bits per heavy atom. The second-order valence-electron chi connectivity index (χ2n) is 12.9. The number of nitrogens with zero attached hydrogens (tertiary/aromatic N) is 1. The largest absolute Gasteiger partial charge is 0.478 e. The smallest absolute Gasteiger partial charge is 0.335 e. The molecule has 3 rings (SSSR count). The highest BCUT2D eigenvalue weighted by molar-refractivity contribution is 6.08. The fraction of sp³-hybridized carbons (Fsp3) is 0.371. The Bertz CT molecular complexity index is 1350. The summed E-state index contributed by atoms with van der Waals surface area (Å²) >= 11 is 0. The molecule has 3 aromatic rings. The molecule has 39 heavy (non-hydrogen) atoms. The van der Waals surface area contributed by atoms with Crippen molar-refractivity contribution in [3.05, 3.63) is 94.6 Å². The molecule has 0 saturated heterocycles. The van der Waals surface area contributed by atoms with Crippen molar-refractivity contribution in [2.45, 2.75) is 66.2 Å². The van der Waals surface area contributed by atoms with Gasteiger partial charge in [0.05, 0.1) is 5.56 Å². The van der Waals surface area contributed by atoms with Crippen LogP contribution in [0.15, 0.2) is 66.7 Å². The summed E-state index contributed by atoms with van der Waals surface area (Å²) in [6.45, 7) is 18.5. The lowest BCUT2D eigenvalue weighted by atomic mass is 9.80. The first-order valence-electron chi connectivity index (χ1n) is 13.6. The summed E-state index contributed by atoms with van der Waals surface area (Å²) in [5.74, 6) is -0.578. The fourth-order valence-corrected chi connectivity index (χ4v) is 4.77. The Hall–Kier alpha value is -3.66. The van der Waals surface area contributed by atoms with Gasteiger partial charge in [-0.05, 0) is 69.3 Å². The van der Waals surface area contributed by atoms with E-state index in [-0.39, 0.29) is 22.2 Å². The van der Waals surface area contributed by atoms with E-state index in [1.807, 2.05) is 12.1 Å². The third-order valence-electron chi connectivity index (χ3n) is 6.87. The van der Waals surface area contributed by atoms with Crippen molar-refractivity contribution in [1.29, 1.82) is 0 Å². The lowest BCUT2D eigenvalue weighted by Crippen LogP contribution is -2.27. The summed E-state index contributed by atoms with van der Waals surface area (Å²) in [7, 11) is 2.14. The summed E-state index contributed by atoms with van der Waals surface area (Å²) in [5, 5.41) is 9.14. The average molecular weight is 526 g/mol. The standard InChI is InChI=1S/C35H43NO3/c1-23(2)22-36(9)32-29(25-15-17-28(18-16-25)34(3,4)5)20-27(21-30(32)35(6,7)8)31(37)19-12-24-10-13-26(14-11-24)33(38)39/h10-21,23H,22H2,1-9H3,(H,38,39)/b19-12+. The first kappa shape index (κ1) is 29.9. The normalized spacial score (nSPS) is 12.3. The molecule has 3 aromatic carbocycles. The number of rotatable bonds is 8. The molecule has 0 bridgehead atoms. The van der Waals surface area contributed by atoms with Crippen LogP contribution in [0.4, 0.5) is 5.69 Å².